The second-order valence-corrected chi connectivity index (χ2v) is 6.43. The summed E-state index contributed by atoms with van der Waals surface area (Å²) in [7, 11) is 1.66. The summed E-state index contributed by atoms with van der Waals surface area (Å²) in [6.07, 6.45) is -0.451. The fourth-order valence-electron chi connectivity index (χ4n) is 2.77. The van der Waals surface area contributed by atoms with E-state index in [-0.39, 0.29) is 11.5 Å². The minimum absolute atomic E-state index is 0.0300. The molecule has 0 spiro atoms. The average molecular weight is 314 g/mol. The van der Waals surface area contributed by atoms with E-state index in [0.29, 0.717) is 0 Å². The maximum Gasteiger partial charge on any atom is 0.138 e. The van der Waals surface area contributed by atoms with E-state index in [1.54, 1.807) is 7.11 Å². The molecule has 1 aliphatic rings. The van der Waals surface area contributed by atoms with Crippen molar-refractivity contribution in [2.75, 3.05) is 12.4 Å². The van der Waals surface area contributed by atoms with Crippen LogP contribution in [0.3, 0.4) is 0 Å². The highest BCUT2D eigenvalue weighted by Crippen LogP contribution is 2.48. The van der Waals surface area contributed by atoms with E-state index in [1.807, 2.05) is 26.8 Å². The Morgan fingerprint density at radius 2 is 2.06 bits per heavy atom. The number of ether oxygens (including phenoxy) is 1. The molecule has 2 atom stereocenters. The normalized spacial score (nSPS) is 25.3. The van der Waals surface area contributed by atoms with Gasteiger partial charge in [-0.25, -0.2) is 0 Å². The fourth-order valence-corrected chi connectivity index (χ4v) is 3.49. The zero-order valence-corrected chi connectivity index (χ0v) is 13.1. The minimum Gasteiger partial charge on any atom is -0.495 e. The Labute approximate surface area is 117 Å². The first-order chi connectivity index (χ1) is 8.29. The minimum atomic E-state index is -0.451. The molecular formula is C14H20BrNO2. The third-order valence-electron chi connectivity index (χ3n) is 3.79. The molecule has 0 aliphatic carbocycles. The van der Waals surface area contributed by atoms with Crippen LogP contribution in [-0.4, -0.2) is 23.9 Å². The molecular weight excluding hydrogens is 294 g/mol. The lowest BCUT2D eigenvalue weighted by Gasteiger charge is -2.43. The van der Waals surface area contributed by atoms with Gasteiger partial charge in [0.25, 0.3) is 0 Å². The summed E-state index contributed by atoms with van der Waals surface area (Å²) in [6, 6.07) is 2.05. The van der Waals surface area contributed by atoms with Gasteiger partial charge in [0.1, 0.15) is 5.75 Å². The number of rotatable bonds is 1. The van der Waals surface area contributed by atoms with E-state index in [9.17, 15) is 5.11 Å². The van der Waals surface area contributed by atoms with E-state index < -0.39 is 6.10 Å². The van der Waals surface area contributed by atoms with Crippen molar-refractivity contribution in [1.82, 2.24) is 0 Å². The standard InChI is InChI=1S/C14H20BrNO2/c1-7-6-9(15)12(18-5)10-8(2)13(17)14(3,4)16-11(7)10/h6,8,13,16-17H,1-5H3. The van der Waals surface area contributed by atoms with Crippen molar-refractivity contribution in [2.24, 2.45) is 0 Å². The lowest BCUT2D eigenvalue weighted by atomic mass is 9.78. The second-order valence-electron chi connectivity index (χ2n) is 5.58. The van der Waals surface area contributed by atoms with E-state index in [4.69, 9.17) is 4.74 Å². The molecule has 1 heterocycles. The molecule has 1 aromatic rings. The number of hydrogen-bond donors (Lipinski definition) is 2. The molecule has 2 N–H and O–H groups in total. The molecule has 4 heteroatoms. The van der Waals surface area contributed by atoms with Gasteiger partial charge >= 0.3 is 0 Å². The second kappa shape index (κ2) is 4.42. The summed E-state index contributed by atoms with van der Waals surface area (Å²) in [4.78, 5) is 0. The number of aliphatic hydroxyl groups is 1. The van der Waals surface area contributed by atoms with Crippen LogP contribution >= 0.6 is 15.9 Å². The summed E-state index contributed by atoms with van der Waals surface area (Å²) in [5, 5.41) is 13.9. The number of anilines is 1. The molecule has 0 aromatic heterocycles. The number of benzene rings is 1. The molecule has 0 saturated carbocycles. The van der Waals surface area contributed by atoms with Gasteiger partial charge in [-0.3, -0.25) is 0 Å². The molecule has 1 aliphatic heterocycles. The molecule has 2 unspecified atom stereocenters. The van der Waals surface area contributed by atoms with Gasteiger partial charge < -0.3 is 15.2 Å². The van der Waals surface area contributed by atoms with Crippen molar-refractivity contribution in [3.8, 4) is 5.75 Å². The maximum atomic E-state index is 10.4. The van der Waals surface area contributed by atoms with Crippen LogP contribution in [0.4, 0.5) is 5.69 Å². The van der Waals surface area contributed by atoms with Crippen LogP contribution in [-0.2, 0) is 0 Å². The van der Waals surface area contributed by atoms with Gasteiger partial charge in [0.05, 0.1) is 23.2 Å². The zero-order chi connectivity index (χ0) is 13.7. The van der Waals surface area contributed by atoms with Gasteiger partial charge in [-0.15, -0.1) is 0 Å². The number of hydrogen-bond acceptors (Lipinski definition) is 3. The molecule has 1 aromatic carbocycles. The first kappa shape index (κ1) is 13.7. The lowest BCUT2D eigenvalue weighted by molar-refractivity contribution is 0.0857. The molecule has 2 rings (SSSR count). The first-order valence-corrected chi connectivity index (χ1v) is 6.92. The third kappa shape index (κ3) is 1.91. The van der Waals surface area contributed by atoms with E-state index >= 15 is 0 Å². The van der Waals surface area contributed by atoms with Crippen LogP contribution in [0.15, 0.2) is 10.5 Å². The van der Waals surface area contributed by atoms with Crippen molar-refractivity contribution >= 4 is 21.6 Å². The number of aryl methyl sites for hydroxylation is 1. The molecule has 0 bridgehead atoms. The van der Waals surface area contributed by atoms with Crippen LogP contribution in [0.5, 0.6) is 5.75 Å². The van der Waals surface area contributed by atoms with Crippen molar-refractivity contribution in [3.63, 3.8) is 0 Å². The van der Waals surface area contributed by atoms with E-state index in [0.717, 1.165) is 27.0 Å². The van der Waals surface area contributed by atoms with Crippen LogP contribution in [0, 0.1) is 6.92 Å². The fraction of sp³-hybridized carbons (Fsp3) is 0.571. The molecule has 3 nitrogen and oxygen atoms in total. The van der Waals surface area contributed by atoms with Gasteiger partial charge in [0.2, 0.25) is 0 Å². The smallest absolute Gasteiger partial charge is 0.138 e. The van der Waals surface area contributed by atoms with Crippen molar-refractivity contribution in [2.45, 2.75) is 45.3 Å². The van der Waals surface area contributed by atoms with E-state index in [2.05, 4.69) is 28.2 Å². The monoisotopic (exact) mass is 313 g/mol. The quantitative estimate of drug-likeness (QED) is 0.834. The highest BCUT2D eigenvalue weighted by molar-refractivity contribution is 9.10. The summed E-state index contributed by atoms with van der Waals surface area (Å²) < 4.78 is 6.42. The summed E-state index contributed by atoms with van der Waals surface area (Å²) in [5.41, 5.74) is 2.95. The van der Waals surface area contributed by atoms with Crippen LogP contribution in [0.25, 0.3) is 0 Å². The molecule has 0 saturated heterocycles. The predicted octanol–water partition coefficient (Wildman–Crippen LogP) is 3.43. The van der Waals surface area contributed by atoms with Crippen LogP contribution < -0.4 is 10.1 Å². The Balaban J connectivity index is 2.70. The van der Waals surface area contributed by atoms with Crippen molar-refractivity contribution in [1.29, 1.82) is 0 Å². The third-order valence-corrected chi connectivity index (χ3v) is 4.38. The highest BCUT2D eigenvalue weighted by Gasteiger charge is 2.41. The molecule has 0 amide bonds. The Hall–Kier alpha value is -0.740. The first-order valence-electron chi connectivity index (χ1n) is 6.12. The average Bonchev–Trinajstić information content (AvgIpc) is 2.28. The van der Waals surface area contributed by atoms with Crippen molar-refractivity contribution < 1.29 is 9.84 Å². The Kier molecular flexibility index (Phi) is 3.36. The molecule has 0 radical (unpaired) electrons. The predicted molar refractivity (Wildman–Crippen MR) is 77.6 cm³/mol. The Morgan fingerprint density at radius 1 is 1.44 bits per heavy atom. The van der Waals surface area contributed by atoms with E-state index in [1.165, 1.54) is 0 Å². The number of fused-ring (bicyclic) bond motifs is 1. The number of nitrogens with one attached hydrogen (secondary N) is 1. The highest BCUT2D eigenvalue weighted by atomic mass is 79.9. The molecule has 100 valence electrons. The van der Waals surface area contributed by atoms with Crippen LogP contribution in [0.2, 0.25) is 0 Å². The van der Waals surface area contributed by atoms with Crippen LogP contribution in [0.1, 0.15) is 37.8 Å². The van der Waals surface area contributed by atoms with Gasteiger partial charge in [-0.1, -0.05) is 6.92 Å². The summed E-state index contributed by atoms with van der Waals surface area (Å²) >= 11 is 3.53. The van der Waals surface area contributed by atoms with Crippen molar-refractivity contribution in [3.05, 3.63) is 21.7 Å². The van der Waals surface area contributed by atoms with Gasteiger partial charge in [-0.05, 0) is 48.3 Å². The topological polar surface area (TPSA) is 41.5 Å². The Bertz CT molecular complexity index is 485. The van der Waals surface area contributed by atoms with Gasteiger partial charge in [-0.2, -0.15) is 0 Å². The molecule has 18 heavy (non-hydrogen) atoms. The molecule has 0 fully saturated rings. The lowest BCUT2D eigenvalue weighted by Crippen LogP contribution is -2.50. The number of methoxy groups -OCH3 is 1. The summed E-state index contributed by atoms with van der Waals surface area (Å²) in [6.45, 7) is 8.15. The summed E-state index contributed by atoms with van der Waals surface area (Å²) in [5.74, 6) is 0.840. The van der Waals surface area contributed by atoms with Gasteiger partial charge in [0, 0.05) is 17.2 Å². The maximum absolute atomic E-state index is 10.4. The largest absolute Gasteiger partial charge is 0.495 e. The number of halogens is 1. The zero-order valence-electron chi connectivity index (χ0n) is 11.5. The number of aliphatic hydroxyl groups excluding tert-OH is 1. The SMILES string of the molecule is COc1c(Br)cc(C)c2c1C(C)C(O)C(C)(C)N2. The van der Waals surface area contributed by atoms with Gasteiger partial charge in [0.15, 0.2) is 0 Å². The Morgan fingerprint density at radius 3 is 2.61 bits per heavy atom.